The third-order valence-electron chi connectivity index (χ3n) is 6.27. The minimum atomic E-state index is -0.427. The first-order valence-electron chi connectivity index (χ1n) is 9.72. The van der Waals surface area contributed by atoms with Crippen LogP contribution < -0.4 is 10.5 Å². The van der Waals surface area contributed by atoms with Gasteiger partial charge in [0.2, 0.25) is 0 Å². The number of benzene rings is 1. The van der Waals surface area contributed by atoms with E-state index in [1.54, 1.807) is 0 Å². The maximum atomic E-state index is 6.14. The molecule has 0 bridgehead atoms. The van der Waals surface area contributed by atoms with E-state index in [4.69, 9.17) is 20.2 Å². The minimum Gasteiger partial charge on any atom is -0.493 e. The third kappa shape index (κ3) is 2.64. The number of rotatable bonds is 1. The van der Waals surface area contributed by atoms with Crippen molar-refractivity contribution in [3.8, 4) is 5.75 Å². The molecule has 0 saturated heterocycles. The van der Waals surface area contributed by atoms with E-state index in [-0.39, 0.29) is 5.41 Å². The molecule has 5 rings (SSSR count). The Morgan fingerprint density at radius 1 is 1.22 bits per heavy atom. The van der Waals surface area contributed by atoms with Crippen LogP contribution in [0.3, 0.4) is 0 Å². The van der Waals surface area contributed by atoms with Gasteiger partial charge in [0, 0.05) is 23.4 Å². The highest BCUT2D eigenvalue weighted by atomic mass is 16.5. The van der Waals surface area contributed by atoms with Crippen molar-refractivity contribution in [2.45, 2.75) is 31.7 Å². The highest BCUT2D eigenvalue weighted by Crippen LogP contribution is 2.64. The van der Waals surface area contributed by atoms with E-state index < -0.39 is 5.54 Å². The summed E-state index contributed by atoms with van der Waals surface area (Å²) in [5, 5.41) is 0. The van der Waals surface area contributed by atoms with Crippen LogP contribution in [0.4, 0.5) is 0 Å². The van der Waals surface area contributed by atoms with E-state index in [9.17, 15) is 0 Å². The molecule has 0 aromatic heterocycles. The first-order valence-corrected chi connectivity index (χ1v) is 9.72. The van der Waals surface area contributed by atoms with Crippen LogP contribution in [0.1, 0.15) is 37.3 Å². The van der Waals surface area contributed by atoms with Crippen LogP contribution in [0.15, 0.2) is 46.5 Å². The number of nitrogens with zero attached hydrogens (tertiary/aromatic N) is 2. The molecule has 0 radical (unpaired) electrons. The second kappa shape index (κ2) is 6.06. The SMILES string of the molecule is CC1\C=C(c2ccc3c(c2)C2(COCC(N)=N2)C2(CC2)CO3)/C=N\C=C\C1. The van der Waals surface area contributed by atoms with Gasteiger partial charge in [-0.3, -0.25) is 9.98 Å². The fourth-order valence-electron chi connectivity index (χ4n) is 4.56. The lowest BCUT2D eigenvalue weighted by atomic mass is 9.73. The van der Waals surface area contributed by atoms with Crippen molar-refractivity contribution in [2.75, 3.05) is 19.8 Å². The Hall–Kier alpha value is -2.40. The summed E-state index contributed by atoms with van der Waals surface area (Å²) in [4.78, 5) is 9.40. The monoisotopic (exact) mass is 363 g/mol. The van der Waals surface area contributed by atoms with Crippen LogP contribution in [0.25, 0.3) is 5.57 Å². The second-order valence-corrected chi connectivity index (χ2v) is 8.23. The Morgan fingerprint density at radius 3 is 2.93 bits per heavy atom. The van der Waals surface area contributed by atoms with Gasteiger partial charge in [-0.15, -0.1) is 0 Å². The zero-order chi connectivity index (χ0) is 18.5. The quantitative estimate of drug-likeness (QED) is 0.831. The lowest BCUT2D eigenvalue weighted by Gasteiger charge is -2.44. The summed E-state index contributed by atoms with van der Waals surface area (Å²) in [5.74, 6) is 1.94. The molecule has 5 nitrogen and oxygen atoms in total. The first kappa shape index (κ1) is 16.8. The molecule has 1 aliphatic carbocycles. The van der Waals surface area contributed by atoms with Gasteiger partial charge < -0.3 is 15.2 Å². The Balaban J connectivity index is 1.65. The topological polar surface area (TPSA) is 69.2 Å². The van der Waals surface area contributed by atoms with Crippen molar-refractivity contribution < 1.29 is 9.47 Å². The molecule has 27 heavy (non-hydrogen) atoms. The summed E-state index contributed by atoms with van der Waals surface area (Å²) in [7, 11) is 0. The fourth-order valence-corrected chi connectivity index (χ4v) is 4.56. The number of amidine groups is 1. The minimum absolute atomic E-state index is 0.0170. The zero-order valence-electron chi connectivity index (χ0n) is 15.6. The average Bonchev–Trinajstić information content (AvgIpc) is 3.43. The number of nitrogens with two attached hydrogens (primary N) is 1. The van der Waals surface area contributed by atoms with E-state index >= 15 is 0 Å². The van der Waals surface area contributed by atoms with Crippen molar-refractivity contribution in [1.29, 1.82) is 0 Å². The Bertz CT molecular complexity index is 895. The van der Waals surface area contributed by atoms with Gasteiger partial charge >= 0.3 is 0 Å². The van der Waals surface area contributed by atoms with Crippen molar-refractivity contribution in [3.63, 3.8) is 0 Å². The predicted octanol–water partition coefficient (Wildman–Crippen LogP) is 3.45. The van der Waals surface area contributed by atoms with Crippen molar-refractivity contribution >= 4 is 17.6 Å². The van der Waals surface area contributed by atoms with E-state index in [2.05, 4.69) is 42.3 Å². The molecule has 2 spiro atoms. The second-order valence-electron chi connectivity index (χ2n) is 8.23. The summed E-state index contributed by atoms with van der Waals surface area (Å²) < 4.78 is 12.0. The molecule has 2 unspecified atom stereocenters. The van der Waals surface area contributed by atoms with Gasteiger partial charge in [-0.2, -0.15) is 0 Å². The first-order chi connectivity index (χ1) is 13.1. The van der Waals surface area contributed by atoms with Crippen LogP contribution in [-0.2, 0) is 10.3 Å². The smallest absolute Gasteiger partial charge is 0.125 e. The van der Waals surface area contributed by atoms with Crippen molar-refractivity contribution in [3.05, 3.63) is 47.7 Å². The Labute approximate surface area is 159 Å². The number of hydrogen-bond donors (Lipinski definition) is 1. The van der Waals surface area contributed by atoms with Crippen molar-refractivity contribution in [2.24, 2.45) is 27.1 Å². The van der Waals surface area contributed by atoms with Crippen LogP contribution in [0, 0.1) is 11.3 Å². The van der Waals surface area contributed by atoms with E-state index in [0.29, 0.717) is 31.6 Å². The lowest BCUT2D eigenvalue weighted by Crippen LogP contribution is -2.50. The van der Waals surface area contributed by atoms with Gasteiger partial charge in [0.05, 0.1) is 13.2 Å². The van der Waals surface area contributed by atoms with Crippen molar-refractivity contribution in [1.82, 2.24) is 0 Å². The molecule has 1 aromatic carbocycles. The molecule has 1 saturated carbocycles. The molecule has 2 atom stereocenters. The van der Waals surface area contributed by atoms with Gasteiger partial charge in [0.1, 0.15) is 23.7 Å². The summed E-state index contributed by atoms with van der Waals surface area (Å²) in [6.45, 7) is 3.90. The fraction of sp³-hybridized carbons (Fsp3) is 0.455. The highest BCUT2D eigenvalue weighted by molar-refractivity contribution is 6.10. The highest BCUT2D eigenvalue weighted by Gasteiger charge is 2.64. The molecule has 140 valence electrons. The largest absolute Gasteiger partial charge is 0.493 e. The number of hydrogen-bond acceptors (Lipinski definition) is 5. The summed E-state index contributed by atoms with van der Waals surface area (Å²) in [5.41, 5.74) is 9.09. The molecular formula is C22H25N3O2. The van der Waals surface area contributed by atoms with E-state index in [0.717, 1.165) is 41.7 Å². The van der Waals surface area contributed by atoms with Gasteiger partial charge in [0.25, 0.3) is 0 Å². The third-order valence-corrected chi connectivity index (χ3v) is 6.27. The molecule has 1 fully saturated rings. The molecule has 1 aromatic rings. The summed E-state index contributed by atoms with van der Waals surface area (Å²) in [6.07, 6.45) is 11.4. The van der Waals surface area contributed by atoms with Gasteiger partial charge in [-0.25, -0.2) is 0 Å². The molecule has 5 heteroatoms. The lowest BCUT2D eigenvalue weighted by molar-refractivity contribution is 0.0184. The summed E-state index contributed by atoms with van der Waals surface area (Å²) in [6, 6.07) is 6.40. The maximum Gasteiger partial charge on any atom is 0.125 e. The van der Waals surface area contributed by atoms with Crippen LogP contribution >= 0.6 is 0 Å². The molecule has 0 amide bonds. The zero-order valence-corrected chi connectivity index (χ0v) is 15.6. The average molecular weight is 363 g/mol. The number of allylic oxidation sites excluding steroid dienone is 3. The molecule has 4 aliphatic rings. The molecule has 3 heterocycles. The molecule has 2 N–H and O–H groups in total. The standard InChI is InChI=1S/C22H25N3O2/c1-15-3-2-8-24-11-17(9-15)16-4-5-19-18(10-16)22(14-26-12-20(23)25-22)21(6-7-21)13-27-19/h2,4-5,8-11,15H,3,6-7,12-14H2,1H3,(H2,23,25)/b8-2+,17-9+,24-11-. The predicted molar refractivity (Wildman–Crippen MR) is 107 cm³/mol. The Kier molecular flexibility index (Phi) is 3.76. The van der Waals surface area contributed by atoms with E-state index in [1.807, 2.05) is 12.4 Å². The maximum absolute atomic E-state index is 6.14. The van der Waals surface area contributed by atoms with Gasteiger partial charge in [-0.1, -0.05) is 25.1 Å². The van der Waals surface area contributed by atoms with Crippen LogP contribution in [-0.4, -0.2) is 31.9 Å². The normalized spacial score (nSPS) is 35.1. The van der Waals surface area contributed by atoms with E-state index in [1.165, 1.54) is 0 Å². The van der Waals surface area contributed by atoms with Crippen LogP contribution in [0.5, 0.6) is 5.75 Å². The molecular weight excluding hydrogens is 338 g/mol. The number of fused-ring (bicyclic) bond motifs is 3. The summed E-state index contributed by atoms with van der Waals surface area (Å²) >= 11 is 0. The number of ether oxygens (including phenoxy) is 2. The number of aliphatic imine (C=N–C) groups is 2. The Morgan fingerprint density at radius 2 is 2.11 bits per heavy atom. The van der Waals surface area contributed by atoms with Crippen LogP contribution in [0.2, 0.25) is 0 Å². The van der Waals surface area contributed by atoms with Gasteiger partial charge in [0.15, 0.2) is 0 Å². The van der Waals surface area contributed by atoms with Gasteiger partial charge in [-0.05, 0) is 48.4 Å². The molecule has 3 aliphatic heterocycles.